The van der Waals surface area contributed by atoms with Gasteiger partial charge in [0.1, 0.15) is 5.75 Å². The van der Waals surface area contributed by atoms with E-state index in [2.05, 4.69) is 4.84 Å². The molecule has 0 saturated carbocycles. The van der Waals surface area contributed by atoms with E-state index in [4.69, 9.17) is 10.6 Å². The van der Waals surface area contributed by atoms with Crippen molar-refractivity contribution in [1.29, 1.82) is 0 Å². The van der Waals surface area contributed by atoms with Gasteiger partial charge in [-0.05, 0) is 17.7 Å². The molecular weight excluding hydrogens is 142 g/mol. The van der Waals surface area contributed by atoms with Crippen molar-refractivity contribution in [2.75, 3.05) is 7.11 Å². The Morgan fingerprint density at radius 1 is 1.36 bits per heavy atom. The number of hydrogen-bond donors (Lipinski definition) is 1. The zero-order chi connectivity index (χ0) is 8.10. The fraction of sp³-hybridized carbons (Fsp3) is 0.250. The molecule has 0 atom stereocenters. The lowest BCUT2D eigenvalue weighted by molar-refractivity contribution is 0.124. The van der Waals surface area contributed by atoms with Crippen molar-refractivity contribution in [3.63, 3.8) is 0 Å². The summed E-state index contributed by atoms with van der Waals surface area (Å²) in [7, 11) is 1.63. The van der Waals surface area contributed by atoms with Crippen LogP contribution in [0.5, 0.6) is 5.75 Å². The third-order valence-corrected chi connectivity index (χ3v) is 1.41. The Hall–Kier alpha value is -1.06. The maximum atomic E-state index is 4.98. The van der Waals surface area contributed by atoms with Crippen LogP contribution in [0, 0.1) is 0 Å². The van der Waals surface area contributed by atoms with Crippen LogP contribution in [0.25, 0.3) is 0 Å². The molecule has 1 rings (SSSR count). The highest BCUT2D eigenvalue weighted by Gasteiger charge is 1.91. The summed E-state index contributed by atoms with van der Waals surface area (Å²) in [5, 5.41) is 0. The molecule has 0 radical (unpaired) electrons. The monoisotopic (exact) mass is 155 g/mol. The molecule has 0 bridgehead atoms. The molecule has 1 aromatic rings. The van der Waals surface area contributed by atoms with Gasteiger partial charge < -0.3 is 4.74 Å². The quantitative estimate of drug-likeness (QED) is 0.670. The van der Waals surface area contributed by atoms with Crippen LogP contribution in [0.1, 0.15) is 6.99 Å². The van der Waals surface area contributed by atoms with Crippen LogP contribution >= 0.6 is 0 Å². The fourth-order valence-electron chi connectivity index (χ4n) is 0.818. The summed E-state index contributed by atoms with van der Waals surface area (Å²) in [5.74, 6) is 5.74. The van der Waals surface area contributed by atoms with Gasteiger partial charge in [-0.15, -0.1) is 0 Å². The van der Waals surface area contributed by atoms with E-state index in [1.54, 1.807) is 7.11 Å². The molecular formula is C8H13NO2. The highest BCUT2D eigenvalue weighted by molar-refractivity contribution is 5.26. The van der Waals surface area contributed by atoms with Crippen LogP contribution in [-0.4, -0.2) is 7.11 Å². The normalized spacial score (nSPS) is 9.64. The van der Waals surface area contributed by atoms with Gasteiger partial charge in [-0.3, -0.25) is 4.84 Å². The Kier molecular flexibility index (Phi) is 2.89. The van der Waals surface area contributed by atoms with Crippen LogP contribution in [0.15, 0.2) is 24.3 Å². The van der Waals surface area contributed by atoms with Gasteiger partial charge in [0.05, 0.1) is 13.7 Å². The van der Waals surface area contributed by atoms with Gasteiger partial charge in [0.2, 0.25) is 0 Å². The van der Waals surface area contributed by atoms with Crippen LogP contribution in [-0.2, 0) is 11.4 Å². The van der Waals surface area contributed by atoms with Crippen molar-refractivity contribution < 1.29 is 11.0 Å². The first-order valence-electron chi connectivity index (χ1n) is 3.31. The Morgan fingerprint density at radius 3 is 2.45 bits per heavy atom. The molecule has 2 N–H and O–H groups in total. The predicted octanol–water partition coefficient (Wildman–Crippen LogP) is 1.33. The van der Waals surface area contributed by atoms with Gasteiger partial charge in [0, 0.05) is 1.43 Å². The first kappa shape index (κ1) is 8.04. The molecule has 1 aromatic carbocycles. The van der Waals surface area contributed by atoms with Crippen LogP contribution < -0.4 is 10.6 Å². The second-order valence-electron chi connectivity index (χ2n) is 2.16. The predicted molar refractivity (Wildman–Crippen MR) is 44.1 cm³/mol. The molecule has 11 heavy (non-hydrogen) atoms. The molecule has 0 spiro atoms. The van der Waals surface area contributed by atoms with E-state index in [0.29, 0.717) is 6.61 Å². The standard InChI is InChI=1S/C8H11NO2.H2/c1-10-8-4-2-7(3-5-8)6-11-9;/h2-5H,6,9H2,1H3;1H. The first-order chi connectivity index (χ1) is 5.36. The molecule has 3 heteroatoms. The van der Waals surface area contributed by atoms with Crippen molar-refractivity contribution >= 4 is 0 Å². The molecule has 0 aromatic heterocycles. The topological polar surface area (TPSA) is 44.5 Å². The average molecular weight is 155 g/mol. The van der Waals surface area contributed by atoms with Crippen molar-refractivity contribution in [3.8, 4) is 5.75 Å². The molecule has 0 aliphatic heterocycles. The van der Waals surface area contributed by atoms with Crippen molar-refractivity contribution in [1.82, 2.24) is 0 Å². The zero-order valence-electron chi connectivity index (χ0n) is 6.41. The lowest BCUT2D eigenvalue weighted by Crippen LogP contribution is -1.98. The minimum absolute atomic E-state index is 0. The summed E-state index contributed by atoms with van der Waals surface area (Å²) < 4.78 is 4.98. The van der Waals surface area contributed by atoms with Gasteiger partial charge in [-0.25, -0.2) is 5.90 Å². The second-order valence-corrected chi connectivity index (χ2v) is 2.16. The number of hydrogen-bond acceptors (Lipinski definition) is 3. The molecule has 0 heterocycles. The van der Waals surface area contributed by atoms with Gasteiger partial charge in [0.25, 0.3) is 0 Å². The lowest BCUT2D eigenvalue weighted by Gasteiger charge is -2.00. The van der Waals surface area contributed by atoms with Gasteiger partial charge in [-0.1, -0.05) is 12.1 Å². The van der Waals surface area contributed by atoms with E-state index in [0.717, 1.165) is 11.3 Å². The van der Waals surface area contributed by atoms with E-state index in [9.17, 15) is 0 Å². The van der Waals surface area contributed by atoms with E-state index < -0.39 is 0 Å². The summed E-state index contributed by atoms with van der Waals surface area (Å²) in [6.45, 7) is 0.435. The zero-order valence-corrected chi connectivity index (χ0v) is 6.41. The second kappa shape index (κ2) is 3.95. The van der Waals surface area contributed by atoms with Gasteiger partial charge in [0.15, 0.2) is 0 Å². The smallest absolute Gasteiger partial charge is 0.118 e. The average Bonchev–Trinajstić information content (AvgIpc) is 2.07. The van der Waals surface area contributed by atoms with Crippen LogP contribution in [0.2, 0.25) is 0 Å². The summed E-state index contributed by atoms with van der Waals surface area (Å²) in [6.07, 6.45) is 0. The number of rotatable bonds is 3. The van der Waals surface area contributed by atoms with E-state index in [1.165, 1.54) is 0 Å². The molecule has 0 amide bonds. The molecule has 0 aliphatic carbocycles. The maximum Gasteiger partial charge on any atom is 0.118 e. The number of nitrogens with two attached hydrogens (primary N) is 1. The molecule has 0 fully saturated rings. The molecule has 0 unspecified atom stereocenters. The Morgan fingerprint density at radius 2 is 2.00 bits per heavy atom. The van der Waals surface area contributed by atoms with Gasteiger partial charge >= 0.3 is 0 Å². The summed E-state index contributed by atoms with van der Waals surface area (Å²) in [5.41, 5.74) is 1.04. The number of benzene rings is 1. The first-order valence-corrected chi connectivity index (χ1v) is 3.31. The Labute approximate surface area is 67.2 Å². The van der Waals surface area contributed by atoms with Crippen molar-refractivity contribution in [2.24, 2.45) is 5.90 Å². The third kappa shape index (κ3) is 2.22. The lowest BCUT2D eigenvalue weighted by atomic mass is 10.2. The SMILES string of the molecule is COc1ccc(CON)cc1.[HH]. The minimum Gasteiger partial charge on any atom is -0.497 e. The molecule has 62 valence electrons. The Bertz CT molecular complexity index is 213. The molecule has 3 nitrogen and oxygen atoms in total. The molecule has 0 saturated heterocycles. The number of ether oxygens (including phenoxy) is 1. The summed E-state index contributed by atoms with van der Waals surface area (Å²) >= 11 is 0. The van der Waals surface area contributed by atoms with Crippen LogP contribution in [0.4, 0.5) is 0 Å². The minimum atomic E-state index is 0. The van der Waals surface area contributed by atoms with Crippen molar-refractivity contribution in [3.05, 3.63) is 29.8 Å². The Balaban J connectivity index is 0.00000121. The highest BCUT2D eigenvalue weighted by Crippen LogP contribution is 2.11. The number of methoxy groups -OCH3 is 1. The van der Waals surface area contributed by atoms with E-state index in [-0.39, 0.29) is 1.43 Å². The van der Waals surface area contributed by atoms with E-state index in [1.807, 2.05) is 24.3 Å². The van der Waals surface area contributed by atoms with Gasteiger partial charge in [-0.2, -0.15) is 0 Å². The summed E-state index contributed by atoms with van der Waals surface area (Å²) in [4.78, 5) is 4.46. The van der Waals surface area contributed by atoms with Crippen molar-refractivity contribution in [2.45, 2.75) is 6.61 Å². The summed E-state index contributed by atoms with van der Waals surface area (Å²) in [6, 6.07) is 7.56. The molecule has 0 aliphatic rings. The van der Waals surface area contributed by atoms with E-state index >= 15 is 0 Å². The third-order valence-electron chi connectivity index (χ3n) is 1.41. The maximum absolute atomic E-state index is 4.98. The largest absolute Gasteiger partial charge is 0.497 e. The van der Waals surface area contributed by atoms with Crippen LogP contribution in [0.3, 0.4) is 0 Å². The fourth-order valence-corrected chi connectivity index (χ4v) is 0.818. The highest BCUT2D eigenvalue weighted by atomic mass is 16.6.